The first-order valence-corrected chi connectivity index (χ1v) is 12.1. The molecular formula is C22H26N4O6S. The molecule has 10 nitrogen and oxygen atoms in total. The first kappa shape index (κ1) is 24.1. The van der Waals surface area contributed by atoms with E-state index in [9.17, 15) is 22.8 Å². The second-order valence-corrected chi connectivity index (χ2v) is 9.38. The van der Waals surface area contributed by atoms with Crippen LogP contribution in [0, 0.1) is 0 Å². The van der Waals surface area contributed by atoms with E-state index in [1.54, 1.807) is 34.1 Å². The second kappa shape index (κ2) is 9.90. The number of nitrogens with zero attached hydrogens (tertiary/aromatic N) is 2. The SMILES string of the molecule is COc1cccc(C(=O)N2CCN(C(=O)c3cc(NC(C)=O)ccc3NS(C)(=O)=O)CC2)c1. The van der Waals surface area contributed by atoms with Gasteiger partial charge in [-0.1, -0.05) is 6.07 Å². The van der Waals surface area contributed by atoms with Gasteiger partial charge < -0.3 is 19.9 Å². The van der Waals surface area contributed by atoms with Gasteiger partial charge in [-0.05, 0) is 36.4 Å². The summed E-state index contributed by atoms with van der Waals surface area (Å²) >= 11 is 0. The molecule has 0 bridgehead atoms. The number of hydrogen-bond acceptors (Lipinski definition) is 6. The minimum absolute atomic E-state index is 0.110. The number of amides is 3. The Labute approximate surface area is 192 Å². The number of rotatable bonds is 6. The zero-order valence-electron chi connectivity index (χ0n) is 18.6. The Morgan fingerprint density at radius 2 is 1.58 bits per heavy atom. The molecule has 11 heteroatoms. The average molecular weight is 475 g/mol. The Bertz CT molecular complexity index is 1170. The molecule has 2 aromatic carbocycles. The maximum absolute atomic E-state index is 13.2. The van der Waals surface area contributed by atoms with Crippen LogP contribution in [0.15, 0.2) is 42.5 Å². The molecule has 1 aliphatic heterocycles. The maximum atomic E-state index is 13.2. The highest BCUT2D eigenvalue weighted by Crippen LogP contribution is 2.24. The van der Waals surface area contributed by atoms with E-state index in [1.807, 2.05) is 0 Å². The summed E-state index contributed by atoms with van der Waals surface area (Å²) in [6.07, 6.45) is 0.992. The van der Waals surface area contributed by atoms with E-state index in [-0.39, 0.29) is 36.2 Å². The lowest BCUT2D eigenvalue weighted by atomic mass is 10.1. The van der Waals surface area contributed by atoms with Crippen LogP contribution < -0.4 is 14.8 Å². The number of nitrogens with one attached hydrogen (secondary N) is 2. The third-order valence-electron chi connectivity index (χ3n) is 5.04. The molecule has 3 amide bonds. The van der Waals surface area contributed by atoms with Crippen molar-refractivity contribution in [3.8, 4) is 5.75 Å². The van der Waals surface area contributed by atoms with Gasteiger partial charge in [-0.15, -0.1) is 0 Å². The van der Waals surface area contributed by atoms with Crippen LogP contribution in [0.2, 0.25) is 0 Å². The third kappa shape index (κ3) is 6.22. The van der Waals surface area contributed by atoms with Crippen molar-refractivity contribution < 1.29 is 27.5 Å². The largest absolute Gasteiger partial charge is 0.497 e. The van der Waals surface area contributed by atoms with Crippen molar-refractivity contribution in [1.82, 2.24) is 9.80 Å². The fourth-order valence-corrected chi connectivity index (χ4v) is 4.09. The Hall–Kier alpha value is -3.60. The number of methoxy groups -OCH3 is 1. The normalized spacial score (nSPS) is 13.9. The molecule has 0 aromatic heterocycles. The summed E-state index contributed by atoms with van der Waals surface area (Å²) in [4.78, 5) is 40.7. The lowest BCUT2D eigenvalue weighted by Crippen LogP contribution is -2.50. The topological polar surface area (TPSA) is 125 Å². The van der Waals surface area contributed by atoms with Gasteiger partial charge in [0.05, 0.1) is 24.6 Å². The monoisotopic (exact) mass is 474 g/mol. The standard InChI is InChI=1S/C22H26N4O6S/c1-15(27)23-17-7-8-20(24-33(3,30)31)19(14-17)22(29)26-11-9-25(10-12-26)21(28)16-5-4-6-18(13-16)32-2/h4-8,13-14,24H,9-12H2,1-3H3,(H,23,27). The van der Waals surface area contributed by atoms with Gasteiger partial charge in [-0.3, -0.25) is 19.1 Å². The summed E-state index contributed by atoms with van der Waals surface area (Å²) < 4.78 is 31.0. The Kier molecular flexibility index (Phi) is 7.22. The van der Waals surface area contributed by atoms with Gasteiger partial charge in [0.25, 0.3) is 11.8 Å². The summed E-state index contributed by atoms with van der Waals surface area (Å²) in [6, 6.07) is 11.2. The molecule has 1 heterocycles. The average Bonchev–Trinajstić information content (AvgIpc) is 2.78. The van der Waals surface area contributed by atoms with Gasteiger partial charge in [-0.25, -0.2) is 8.42 Å². The molecular weight excluding hydrogens is 448 g/mol. The summed E-state index contributed by atoms with van der Waals surface area (Å²) in [7, 11) is -2.10. The van der Waals surface area contributed by atoms with Gasteiger partial charge >= 0.3 is 0 Å². The summed E-state index contributed by atoms with van der Waals surface area (Å²) in [6.45, 7) is 2.53. The molecule has 0 aliphatic carbocycles. The smallest absolute Gasteiger partial charge is 0.256 e. The van der Waals surface area contributed by atoms with Crippen LogP contribution in [-0.4, -0.2) is 75.5 Å². The van der Waals surface area contributed by atoms with Crippen LogP contribution in [0.5, 0.6) is 5.75 Å². The Balaban J connectivity index is 1.76. The Morgan fingerprint density at radius 3 is 2.15 bits per heavy atom. The number of carbonyl (C=O) groups excluding carboxylic acids is 3. The summed E-state index contributed by atoms with van der Waals surface area (Å²) in [5.41, 5.74) is 1.10. The number of sulfonamides is 1. The Morgan fingerprint density at radius 1 is 0.939 bits per heavy atom. The van der Waals surface area contributed by atoms with Crippen molar-refractivity contribution in [2.75, 3.05) is 49.6 Å². The molecule has 0 unspecified atom stereocenters. The molecule has 1 aliphatic rings. The molecule has 1 fully saturated rings. The zero-order chi connectivity index (χ0) is 24.2. The van der Waals surface area contributed by atoms with E-state index in [4.69, 9.17) is 4.74 Å². The number of ether oxygens (including phenoxy) is 1. The molecule has 2 aromatic rings. The van der Waals surface area contributed by atoms with Gasteiger partial charge in [0, 0.05) is 44.4 Å². The van der Waals surface area contributed by atoms with Crippen LogP contribution in [0.3, 0.4) is 0 Å². The van der Waals surface area contributed by atoms with Gasteiger partial charge in [-0.2, -0.15) is 0 Å². The van der Waals surface area contributed by atoms with E-state index in [1.165, 1.54) is 32.2 Å². The predicted molar refractivity (Wildman–Crippen MR) is 124 cm³/mol. The first-order chi connectivity index (χ1) is 15.6. The van der Waals surface area contributed by atoms with Crippen LogP contribution >= 0.6 is 0 Å². The van der Waals surface area contributed by atoms with Crippen molar-refractivity contribution in [2.45, 2.75) is 6.92 Å². The van der Waals surface area contributed by atoms with Crippen molar-refractivity contribution in [3.63, 3.8) is 0 Å². The lowest BCUT2D eigenvalue weighted by Gasteiger charge is -2.35. The summed E-state index contributed by atoms with van der Waals surface area (Å²) in [5.74, 6) is -0.295. The molecule has 0 radical (unpaired) electrons. The summed E-state index contributed by atoms with van der Waals surface area (Å²) in [5, 5.41) is 2.59. The lowest BCUT2D eigenvalue weighted by molar-refractivity contribution is -0.114. The molecule has 1 saturated heterocycles. The molecule has 2 N–H and O–H groups in total. The van der Waals surface area contributed by atoms with E-state index >= 15 is 0 Å². The zero-order valence-corrected chi connectivity index (χ0v) is 19.4. The predicted octanol–water partition coefficient (Wildman–Crippen LogP) is 1.62. The van der Waals surface area contributed by atoms with E-state index in [0.717, 1.165) is 6.26 Å². The first-order valence-electron chi connectivity index (χ1n) is 10.2. The fraction of sp³-hybridized carbons (Fsp3) is 0.318. The van der Waals surface area contributed by atoms with Crippen molar-refractivity contribution >= 4 is 39.1 Å². The quantitative estimate of drug-likeness (QED) is 0.656. The minimum atomic E-state index is -3.63. The molecule has 0 atom stereocenters. The minimum Gasteiger partial charge on any atom is -0.497 e. The van der Waals surface area contributed by atoms with Crippen LogP contribution in [0.25, 0.3) is 0 Å². The molecule has 0 spiro atoms. The van der Waals surface area contributed by atoms with Crippen molar-refractivity contribution in [3.05, 3.63) is 53.6 Å². The van der Waals surface area contributed by atoms with Gasteiger partial charge in [0.2, 0.25) is 15.9 Å². The number of piperazine rings is 1. The maximum Gasteiger partial charge on any atom is 0.256 e. The van der Waals surface area contributed by atoms with Gasteiger partial charge in [0.15, 0.2) is 0 Å². The number of benzene rings is 2. The highest BCUT2D eigenvalue weighted by Gasteiger charge is 2.27. The molecule has 176 valence electrons. The highest BCUT2D eigenvalue weighted by molar-refractivity contribution is 7.92. The second-order valence-electron chi connectivity index (χ2n) is 7.63. The van der Waals surface area contributed by atoms with Crippen LogP contribution in [-0.2, 0) is 14.8 Å². The molecule has 3 rings (SSSR count). The number of hydrogen-bond donors (Lipinski definition) is 2. The third-order valence-corrected chi connectivity index (χ3v) is 5.63. The van der Waals surface area contributed by atoms with Crippen molar-refractivity contribution in [1.29, 1.82) is 0 Å². The molecule has 0 saturated carbocycles. The van der Waals surface area contributed by atoms with E-state index in [2.05, 4.69) is 10.0 Å². The van der Waals surface area contributed by atoms with Crippen LogP contribution in [0.1, 0.15) is 27.6 Å². The number of anilines is 2. The number of carbonyl (C=O) groups is 3. The fourth-order valence-electron chi connectivity index (χ4n) is 3.51. The molecule has 33 heavy (non-hydrogen) atoms. The van der Waals surface area contributed by atoms with E-state index in [0.29, 0.717) is 30.1 Å². The highest BCUT2D eigenvalue weighted by atomic mass is 32.2. The van der Waals surface area contributed by atoms with Gasteiger partial charge in [0.1, 0.15) is 5.75 Å². The van der Waals surface area contributed by atoms with Crippen molar-refractivity contribution in [2.24, 2.45) is 0 Å². The van der Waals surface area contributed by atoms with Crippen LogP contribution in [0.4, 0.5) is 11.4 Å². The van der Waals surface area contributed by atoms with E-state index < -0.39 is 15.9 Å².